The number of hydrogen-bond donors (Lipinski definition) is 2. The van der Waals surface area contributed by atoms with Crippen LogP contribution < -0.4 is 10.2 Å². The van der Waals surface area contributed by atoms with Crippen LogP contribution in [0, 0.1) is 11.8 Å². The van der Waals surface area contributed by atoms with Crippen molar-refractivity contribution in [1.29, 1.82) is 0 Å². The van der Waals surface area contributed by atoms with Crippen LogP contribution in [0.5, 0.6) is 0 Å². The summed E-state index contributed by atoms with van der Waals surface area (Å²) >= 11 is 0. The van der Waals surface area contributed by atoms with E-state index in [0.29, 0.717) is 24.0 Å². The lowest BCUT2D eigenvalue weighted by Gasteiger charge is -2.14. The first kappa shape index (κ1) is 46.2. The number of rotatable bonds is 17. The largest absolute Gasteiger partial charge is 0.508 e. The zero-order valence-corrected chi connectivity index (χ0v) is 32.3. The molecule has 2 N–H and O–H groups in total. The summed E-state index contributed by atoms with van der Waals surface area (Å²) in [5, 5.41) is 13.2. The van der Waals surface area contributed by atoms with Crippen LogP contribution in [-0.2, 0) is 11.2 Å². The minimum atomic E-state index is 0.127. The predicted octanol–water partition coefficient (Wildman–Crippen LogP) is 13.1. The molecule has 2 rings (SSSR count). The molecule has 1 heterocycles. The van der Waals surface area contributed by atoms with Gasteiger partial charge in [-0.2, -0.15) is 0 Å². The lowest BCUT2D eigenvalue weighted by Crippen LogP contribution is -2.10. The van der Waals surface area contributed by atoms with E-state index in [-0.39, 0.29) is 5.76 Å². The summed E-state index contributed by atoms with van der Waals surface area (Å²) in [7, 11) is 2.08. The Balaban J connectivity index is 0. The van der Waals surface area contributed by atoms with Crippen molar-refractivity contribution in [2.24, 2.45) is 11.8 Å². The van der Waals surface area contributed by atoms with E-state index in [4.69, 9.17) is 4.74 Å². The van der Waals surface area contributed by atoms with E-state index < -0.39 is 0 Å². The number of hydrogen-bond acceptors (Lipinski definition) is 4. The Morgan fingerprint density at radius 2 is 1.54 bits per heavy atom. The lowest BCUT2D eigenvalue weighted by molar-refractivity contribution is 0.181. The SMILES string of the molecule is C=CC(/C=C\C(O)=C/C=C/NC(=C)/C=C\C(=C)OCC(C)CC)=C\C=C1/Cc2ccccc2N1C.CC.CCC(C)CC.CCCCC. The van der Waals surface area contributed by atoms with Crippen LogP contribution in [0.25, 0.3) is 0 Å². The Hall–Kier alpha value is -3.92. The highest BCUT2D eigenvalue weighted by atomic mass is 16.5. The molecule has 1 atom stereocenters. The molecule has 48 heavy (non-hydrogen) atoms. The monoisotopic (exact) mass is 659 g/mol. The number of unbranched alkanes of at least 4 members (excludes halogenated alkanes) is 2. The maximum Gasteiger partial charge on any atom is 0.115 e. The van der Waals surface area contributed by atoms with Crippen molar-refractivity contribution in [1.82, 2.24) is 5.32 Å². The van der Waals surface area contributed by atoms with Crippen molar-refractivity contribution < 1.29 is 9.84 Å². The van der Waals surface area contributed by atoms with E-state index in [9.17, 15) is 5.11 Å². The summed E-state index contributed by atoms with van der Waals surface area (Å²) in [5.74, 6) is 2.16. The fraction of sp³-hybridized carbons (Fsp3) is 0.455. The van der Waals surface area contributed by atoms with Crippen LogP contribution in [0.1, 0.15) is 106 Å². The van der Waals surface area contributed by atoms with Crippen molar-refractivity contribution in [2.45, 2.75) is 107 Å². The number of ether oxygens (including phenoxy) is 1. The molecule has 0 fully saturated rings. The molecule has 0 spiro atoms. The second-order valence-electron chi connectivity index (χ2n) is 11.7. The van der Waals surface area contributed by atoms with Crippen molar-refractivity contribution in [3.8, 4) is 0 Å². The van der Waals surface area contributed by atoms with Gasteiger partial charge in [-0.25, -0.2) is 0 Å². The average Bonchev–Trinajstić information content (AvgIpc) is 3.44. The molecule has 0 aromatic heterocycles. The Morgan fingerprint density at radius 3 is 2.06 bits per heavy atom. The van der Waals surface area contributed by atoms with E-state index >= 15 is 0 Å². The number of benzene rings is 1. The van der Waals surface area contributed by atoms with Gasteiger partial charge in [-0.05, 0) is 65.5 Å². The fourth-order valence-corrected chi connectivity index (χ4v) is 3.85. The first-order valence-corrected chi connectivity index (χ1v) is 18.1. The number of likely N-dealkylation sites (N-methyl/N-ethyl adjacent to an activating group) is 1. The topological polar surface area (TPSA) is 44.7 Å². The molecule has 1 aromatic carbocycles. The summed E-state index contributed by atoms with van der Waals surface area (Å²) in [6, 6.07) is 8.41. The molecule has 1 aromatic rings. The first-order chi connectivity index (χ1) is 23.1. The van der Waals surface area contributed by atoms with Crippen molar-refractivity contribution >= 4 is 5.69 Å². The van der Waals surface area contributed by atoms with Crippen LogP contribution in [0.3, 0.4) is 0 Å². The highest BCUT2D eigenvalue weighted by molar-refractivity contribution is 5.64. The van der Waals surface area contributed by atoms with Gasteiger partial charge in [0.05, 0.1) is 6.61 Å². The molecule has 1 aliphatic rings. The number of nitrogens with one attached hydrogen (secondary N) is 1. The third-order valence-electron chi connectivity index (χ3n) is 7.76. The van der Waals surface area contributed by atoms with Gasteiger partial charge >= 0.3 is 0 Å². The van der Waals surface area contributed by atoms with Gasteiger partial charge in [0, 0.05) is 36.7 Å². The zero-order chi connectivity index (χ0) is 36.7. The van der Waals surface area contributed by atoms with Crippen LogP contribution in [0.15, 0.2) is 133 Å². The van der Waals surface area contributed by atoms with Crippen LogP contribution >= 0.6 is 0 Å². The van der Waals surface area contributed by atoms with Crippen LogP contribution in [0.2, 0.25) is 0 Å². The maximum absolute atomic E-state index is 10.1. The fourth-order valence-electron chi connectivity index (χ4n) is 3.85. The number of allylic oxidation sites excluding steroid dienone is 11. The highest BCUT2D eigenvalue weighted by Crippen LogP contribution is 2.32. The van der Waals surface area contributed by atoms with E-state index in [1.54, 1.807) is 42.7 Å². The smallest absolute Gasteiger partial charge is 0.115 e. The van der Waals surface area contributed by atoms with Crippen LogP contribution in [0.4, 0.5) is 5.69 Å². The molecule has 1 unspecified atom stereocenters. The van der Waals surface area contributed by atoms with Crippen molar-refractivity contribution in [3.63, 3.8) is 0 Å². The third-order valence-corrected chi connectivity index (χ3v) is 7.76. The number of fused-ring (bicyclic) bond motifs is 1. The molecular weight excluding hydrogens is 588 g/mol. The number of aliphatic hydroxyl groups excluding tert-OH is 1. The number of aliphatic hydroxyl groups is 1. The minimum absolute atomic E-state index is 0.127. The number of nitrogens with zero attached hydrogens (tertiary/aromatic N) is 1. The van der Waals surface area contributed by atoms with Crippen LogP contribution in [-0.4, -0.2) is 18.8 Å². The van der Waals surface area contributed by atoms with Gasteiger partial charge in [-0.3, -0.25) is 0 Å². The molecule has 0 saturated carbocycles. The van der Waals surface area contributed by atoms with Gasteiger partial charge in [-0.15, -0.1) is 0 Å². The van der Waals surface area contributed by atoms with Gasteiger partial charge in [0.15, 0.2) is 0 Å². The van der Waals surface area contributed by atoms with Gasteiger partial charge in [0.25, 0.3) is 0 Å². The molecule has 4 nitrogen and oxygen atoms in total. The highest BCUT2D eigenvalue weighted by Gasteiger charge is 2.19. The van der Waals surface area contributed by atoms with Gasteiger partial charge in [0.2, 0.25) is 0 Å². The quantitative estimate of drug-likeness (QED) is 0.129. The Kier molecular flexibility index (Phi) is 29.3. The summed E-state index contributed by atoms with van der Waals surface area (Å²) in [5.41, 5.74) is 5.36. The van der Waals surface area contributed by atoms with Crippen molar-refractivity contribution in [2.75, 3.05) is 18.6 Å². The van der Waals surface area contributed by atoms with Gasteiger partial charge < -0.3 is 20.1 Å². The van der Waals surface area contributed by atoms with E-state index in [0.717, 1.165) is 24.3 Å². The summed E-state index contributed by atoms with van der Waals surface area (Å²) in [6.45, 7) is 31.8. The van der Waals surface area contributed by atoms with E-state index in [2.05, 4.69) is 116 Å². The Labute approximate surface area is 296 Å². The summed E-state index contributed by atoms with van der Waals surface area (Å²) < 4.78 is 5.59. The molecule has 0 bridgehead atoms. The van der Waals surface area contributed by atoms with Gasteiger partial charge in [-0.1, -0.05) is 157 Å². The molecule has 0 aliphatic carbocycles. The zero-order valence-electron chi connectivity index (χ0n) is 32.3. The van der Waals surface area contributed by atoms with Crippen molar-refractivity contribution in [3.05, 3.63) is 139 Å². The molecule has 0 amide bonds. The second-order valence-corrected chi connectivity index (χ2v) is 11.7. The third kappa shape index (κ3) is 22.6. The number of para-hydroxylation sites is 1. The summed E-state index contributed by atoms with van der Waals surface area (Å²) in [6.07, 6.45) is 26.6. The Bertz CT molecular complexity index is 1210. The number of anilines is 1. The normalized spacial score (nSPS) is 14.1. The maximum atomic E-state index is 10.1. The van der Waals surface area contributed by atoms with E-state index in [1.165, 1.54) is 49.1 Å². The van der Waals surface area contributed by atoms with Gasteiger partial charge in [0.1, 0.15) is 11.5 Å². The molecule has 0 radical (unpaired) electrons. The molecular formula is C44H70N2O2. The lowest BCUT2D eigenvalue weighted by atomic mass is 10.1. The average molecular weight is 659 g/mol. The molecule has 4 heteroatoms. The molecule has 1 aliphatic heterocycles. The standard InChI is InChI=1S/C31H38N2O2.C6H14.C5H12.C2H6/c1-7-24(3)23-35-26(5)16-15-25(4)32-21-11-13-30(34)20-18-27(8-2)17-19-29-22-28-12-9-10-14-31(28)33(29)6;1-4-6(3)5-2;1-3-5-4-2;1-2/h8-21,24,32,34H,2,4-5,7,22-23H2,1,3,6H3;6H,4-5H2,1-3H3;3-5H2,1-2H3;1-2H3/b16-15-,20-18-,21-11+,27-17+,29-19+,30-13+;;;. The predicted molar refractivity (Wildman–Crippen MR) is 216 cm³/mol. The molecule has 268 valence electrons. The first-order valence-electron chi connectivity index (χ1n) is 18.1. The Morgan fingerprint density at radius 1 is 0.917 bits per heavy atom. The minimum Gasteiger partial charge on any atom is -0.508 e. The second kappa shape index (κ2) is 30.4. The summed E-state index contributed by atoms with van der Waals surface area (Å²) in [4.78, 5) is 2.20. The van der Waals surface area contributed by atoms with E-state index in [1.807, 2.05) is 26.0 Å². The molecule has 0 saturated heterocycles.